The fourth-order valence-corrected chi connectivity index (χ4v) is 3.99. The third kappa shape index (κ3) is 3.70. The van der Waals surface area contributed by atoms with Crippen molar-refractivity contribution in [3.8, 4) is 0 Å². The quantitative estimate of drug-likeness (QED) is 0.715. The van der Waals surface area contributed by atoms with Gasteiger partial charge < -0.3 is 4.90 Å². The van der Waals surface area contributed by atoms with E-state index in [2.05, 4.69) is 20.8 Å². The molecule has 0 aromatic heterocycles. The number of rotatable bonds is 2. The third-order valence-corrected chi connectivity index (χ3v) is 5.30. The summed E-state index contributed by atoms with van der Waals surface area (Å²) in [7, 11) is 0. The SMILES string of the molecule is CC(C)[C@@H]1CC[C@@H](C)CC12OOCN(c1ccccc1Cl)COO2. The second-order valence-corrected chi connectivity index (χ2v) is 7.61. The van der Waals surface area contributed by atoms with Crippen LogP contribution in [0.5, 0.6) is 0 Å². The van der Waals surface area contributed by atoms with Gasteiger partial charge in [-0.15, -0.1) is 0 Å². The first-order chi connectivity index (χ1) is 11.5. The zero-order valence-electron chi connectivity index (χ0n) is 14.5. The molecular formula is C18H26ClNO4. The maximum absolute atomic E-state index is 6.24. The molecule has 2 aliphatic rings. The lowest BCUT2D eigenvalue weighted by Crippen LogP contribution is -2.52. The zero-order valence-corrected chi connectivity index (χ0v) is 15.3. The maximum atomic E-state index is 6.24. The first-order valence-corrected chi connectivity index (χ1v) is 9.00. The summed E-state index contributed by atoms with van der Waals surface area (Å²) in [6, 6.07) is 7.54. The highest BCUT2D eigenvalue weighted by Gasteiger charge is 2.50. The van der Waals surface area contributed by atoms with Crippen molar-refractivity contribution in [3.05, 3.63) is 29.3 Å². The van der Waals surface area contributed by atoms with Gasteiger partial charge >= 0.3 is 0 Å². The van der Waals surface area contributed by atoms with Crippen LogP contribution in [-0.2, 0) is 19.6 Å². The summed E-state index contributed by atoms with van der Waals surface area (Å²) in [4.78, 5) is 24.6. The maximum Gasteiger partial charge on any atom is 0.237 e. The summed E-state index contributed by atoms with van der Waals surface area (Å²) in [6.45, 7) is 7.04. The van der Waals surface area contributed by atoms with Crippen LogP contribution in [0.1, 0.15) is 40.0 Å². The predicted molar refractivity (Wildman–Crippen MR) is 92.1 cm³/mol. The number of benzene rings is 1. The highest BCUT2D eigenvalue weighted by Crippen LogP contribution is 2.45. The van der Waals surface area contributed by atoms with E-state index in [-0.39, 0.29) is 19.4 Å². The van der Waals surface area contributed by atoms with E-state index < -0.39 is 5.79 Å². The second-order valence-electron chi connectivity index (χ2n) is 7.20. The van der Waals surface area contributed by atoms with Crippen molar-refractivity contribution in [2.45, 2.75) is 45.8 Å². The molecule has 2 atom stereocenters. The summed E-state index contributed by atoms with van der Waals surface area (Å²) >= 11 is 6.24. The minimum atomic E-state index is -0.835. The Kier molecular flexibility index (Phi) is 5.67. The van der Waals surface area contributed by atoms with E-state index in [0.717, 1.165) is 18.5 Å². The van der Waals surface area contributed by atoms with Crippen LogP contribution in [0.15, 0.2) is 24.3 Å². The van der Waals surface area contributed by atoms with Gasteiger partial charge in [0.1, 0.15) is 0 Å². The highest BCUT2D eigenvalue weighted by molar-refractivity contribution is 6.33. The molecule has 1 aromatic rings. The van der Waals surface area contributed by atoms with Gasteiger partial charge in [0.15, 0.2) is 13.5 Å². The molecule has 1 saturated heterocycles. The topological polar surface area (TPSA) is 40.2 Å². The number of halogens is 1. The van der Waals surface area contributed by atoms with Gasteiger partial charge in [-0.25, -0.2) is 9.78 Å². The molecule has 0 radical (unpaired) electrons. The number of anilines is 1. The smallest absolute Gasteiger partial charge is 0.237 e. The Morgan fingerprint density at radius 1 is 1.12 bits per heavy atom. The molecule has 0 amide bonds. The number of para-hydroxylation sites is 1. The van der Waals surface area contributed by atoms with Crippen LogP contribution in [0.4, 0.5) is 5.69 Å². The van der Waals surface area contributed by atoms with Gasteiger partial charge in [-0.05, 0) is 30.4 Å². The van der Waals surface area contributed by atoms with Crippen LogP contribution < -0.4 is 4.90 Å². The van der Waals surface area contributed by atoms with Gasteiger partial charge in [-0.3, -0.25) is 0 Å². The van der Waals surface area contributed by atoms with Crippen LogP contribution in [0.2, 0.25) is 5.02 Å². The molecule has 24 heavy (non-hydrogen) atoms. The van der Waals surface area contributed by atoms with E-state index in [1.807, 2.05) is 29.2 Å². The lowest BCUT2D eigenvalue weighted by molar-refractivity contribution is -0.542. The van der Waals surface area contributed by atoms with Crippen molar-refractivity contribution >= 4 is 17.3 Å². The molecule has 0 unspecified atom stereocenters. The standard InChI is InChI=1S/C18H26ClNO4/c1-13(2)15-9-8-14(3)10-18(15)23-21-11-20(12-22-24-18)17-7-5-4-6-16(17)19/h4-7,13-15H,8-12H2,1-3H3/t14-,15+/m1/s1. The van der Waals surface area contributed by atoms with Crippen molar-refractivity contribution in [1.82, 2.24) is 0 Å². The van der Waals surface area contributed by atoms with Crippen LogP contribution in [0.25, 0.3) is 0 Å². The Bertz CT molecular complexity index is 544. The summed E-state index contributed by atoms with van der Waals surface area (Å²) in [5.41, 5.74) is 0.819. The van der Waals surface area contributed by atoms with Crippen molar-refractivity contribution in [1.29, 1.82) is 0 Å². The molecule has 2 fully saturated rings. The Balaban J connectivity index is 1.72. The summed E-state index contributed by atoms with van der Waals surface area (Å²) in [5.74, 6) is 0.328. The molecule has 1 aliphatic heterocycles. The van der Waals surface area contributed by atoms with Gasteiger partial charge in [0.2, 0.25) is 5.79 Å². The Labute approximate surface area is 148 Å². The number of hydrogen-bond donors (Lipinski definition) is 0. The summed E-state index contributed by atoms with van der Waals surface area (Å²) in [5, 5.41) is 0.631. The lowest BCUT2D eigenvalue weighted by atomic mass is 9.73. The number of hydrogen-bond acceptors (Lipinski definition) is 5. The molecule has 5 nitrogen and oxygen atoms in total. The largest absolute Gasteiger partial charge is 0.318 e. The molecule has 1 saturated carbocycles. The fraction of sp³-hybridized carbons (Fsp3) is 0.667. The molecular weight excluding hydrogens is 330 g/mol. The minimum absolute atomic E-state index is 0.230. The molecule has 1 aliphatic carbocycles. The average Bonchev–Trinajstić information content (AvgIpc) is 2.51. The molecule has 3 rings (SSSR count). The van der Waals surface area contributed by atoms with E-state index in [1.165, 1.54) is 6.42 Å². The second kappa shape index (κ2) is 7.58. The Morgan fingerprint density at radius 3 is 2.42 bits per heavy atom. The molecule has 1 heterocycles. The van der Waals surface area contributed by atoms with Crippen LogP contribution in [-0.4, -0.2) is 19.2 Å². The third-order valence-electron chi connectivity index (χ3n) is 4.98. The average molecular weight is 356 g/mol. The van der Waals surface area contributed by atoms with Crippen molar-refractivity contribution in [2.24, 2.45) is 17.8 Å². The van der Waals surface area contributed by atoms with E-state index in [9.17, 15) is 0 Å². The van der Waals surface area contributed by atoms with Crippen LogP contribution in [0.3, 0.4) is 0 Å². The number of nitrogens with zero attached hydrogens (tertiary/aromatic N) is 1. The highest BCUT2D eigenvalue weighted by atomic mass is 35.5. The first kappa shape index (κ1) is 18.0. The van der Waals surface area contributed by atoms with Gasteiger partial charge in [0, 0.05) is 12.3 Å². The molecule has 6 heteroatoms. The molecule has 1 aromatic carbocycles. The molecule has 0 bridgehead atoms. The van der Waals surface area contributed by atoms with E-state index in [0.29, 0.717) is 16.9 Å². The van der Waals surface area contributed by atoms with Gasteiger partial charge in [0.05, 0.1) is 10.7 Å². The monoisotopic (exact) mass is 355 g/mol. The van der Waals surface area contributed by atoms with Gasteiger partial charge in [-0.1, -0.05) is 50.9 Å². The minimum Gasteiger partial charge on any atom is -0.318 e. The lowest BCUT2D eigenvalue weighted by Gasteiger charge is -2.46. The molecule has 0 N–H and O–H groups in total. The first-order valence-electron chi connectivity index (χ1n) is 8.62. The van der Waals surface area contributed by atoms with Crippen LogP contribution >= 0.6 is 11.6 Å². The summed E-state index contributed by atoms with van der Waals surface area (Å²) < 4.78 is 0. The van der Waals surface area contributed by atoms with Gasteiger partial charge in [0.25, 0.3) is 0 Å². The van der Waals surface area contributed by atoms with Gasteiger partial charge in [-0.2, -0.15) is 9.78 Å². The Hall–Kier alpha value is -0.850. The van der Waals surface area contributed by atoms with E-state index in [1.54, 1.807) is 0 Å². The van der Waals surface area contributed by atoms with Crippen molar-refractivity contribution < 1.29 is 19.6 Å². The van der Waals surface area contributed by atoms with Crippen molar-refractivity contribution in [3.63, 3.8) is 0 Å². The fourth-order valence-electron chi connectivity index (χ4n) is 3.73. The van der Waals surface area contributed by atoms with Crippen LogP contribution in [0, 0.1) is 17.8 Å². The molecule has 134 valence electrons. The Morgan fingerprint density at radius 2 is 1.79 bits per heavy atom. The van der Waals surface area contributed by atoms with E-state index >= 15 is 0 Å². The zero-order chi connectivity index (χ0) is 17.2. The van der Waals surface area contributed by atoms with E-state index in [4.69, 9.17) is 31.2 Å². The normalized spacial score (nSPS) is 28.0. The van der Waals surface area contributed by atoms with Crippen molar-refractivity contribution in [2.75, 3.05) is 18.4 Å². The molecule has 1 spiro atoms. The summed E-state index contributed by atoms with van der Waals surface area (Å²) in [6.07, 6.45) is 2.98. The predicted octanol–water partition coefficient (Wildman–Crippen LogP) is 4.76.